The molecule has 1 aromatic heterocycles. The lowest BCUT2D eigenvalue weighted by Crippen LogP contribution is -2.05. The van der Waals surface area contributed by atoms with E-state index in [1.54, 1.807) is 0 Å². The topological polar surface area (TPSA) is 71.2 Å². The van der Waals surface area contributed by atoms with E-state index in [2.05, 4.69) is 16.3 Å². The zero-order valence-corrected chi connectivity index (χ0v) is 13.7. The fourth-order valence-corrected chi connectivity index (χ4v) is 3.66. The Balaban J connectivity index is 1.71. The minimum Gasteiger partial charge on any atom is -0.388 e. The van der Waals surface area contributed by atoms with Crippen LogP contribution in [0.1, 0.15) is 47.5 Å². The van der Waals surface area contributed by atoms with Crippen LogP contribution in [0.3, 0.4) is 0 Å². The Hall–Kier alpha value is -1.37. The average Bonchev–Trinajstić information content (AvgIpc) is 3.23. The maximum Gasteiger partial charge on any atom is 0.191 e. The molecule has 118 valence electrons. The van der Waals surface area contributed by atoms with Gasteiger partial charge in [-0.15, -0.1) is 10.2 Å². The van der Waals surface area contributed by atoms with Crippen LogP contribution in [0.5, 0.6) is 0 Å². The van der Waals surface area contributed by atoms with Gasteiger partial charge in [-0.25, -0.2) is 0 Å². The first-order valence-corrected chi connectivity index (χ1v) is 8.50. The molecule has 2 N–H and O–H groups in total. The second-order valence-electron chi connectivity index (χ2n) is 5.91. The van der Waals surface area contributed by atoms with E-state index < -0.39 is 6.10 Å². The van der Waals surface area contributed by atoms with E-state index in [9.17, 15) is 10.2 Å². The zero-order valence-electron chi connectivity index (χ0n) is 12.9. The Morgan fingerprint density at radius 1 is 1.23 bits per heavy atom. The maximum atomic E-state index is 10.4. The van der Waals surface area contributed by atoms with Crippen molar-refractivity contribution in [1.29, 1.82) is 0 Å². The normalized spacial score (nSPS) is 16.0. The van der Waals surface area contributed by atoms with Crippen LogP contribution < -0.4 is 0 Å². The maximum absolute atomic E-state index is 10.4. The molecule has 0 bridgehead atoms. The van der Waals surface area contributed by atoms with Gasteiger partial charge in [-0.2, -0.15) is 0 Å². The monoisotopic (exact) mass is 319 g/mol. The van der Waals surface area contributed by atoms with Gasteiger partial charge in [0.2, 0.25) is 0 Å². The Morgan fingerprint density at radius 3 is 2.50 bits per heavy atom. The molecule has 22 heavy (non-hydrogen) atoms. The predicted octanol–water partition coefficient (Wildman–Crippen LogP) is 2.55. The molecule has 5 nitrogen and oxygen atoms in total. The number of aliphatic hydroxyl groups is 2. The molecular weight excluding hydrogens is 298 g/mol. The van der Waals surface area contributed by atoms with Crippen LogP contribution >= 0.6 is 11.8 Å². The lowest BCUT2D eigenvalue weighted by Gasteiger charge is -2.13. The predicted molar refractivity (Wildman–Crippen MR) is 85.8 cm³/mol. The van der Waals surface area contributed by atoms with Gasteiger partial charge in [-0.3, -0.25) is 0 Å². The fraction of sp³-hybridized carbons (Fsp3) is 0.500. The first-order chi connectivity index (χ1) is 10.6. The minimum absolute atomic E-state index is 0.0936. The van der Waals surface area contributed by atoms with Gasteiger partial charge < -0.3 is 14.8 Å². The average molecular weight is 319 g/mol. The summed E-state index contributed by atoms with van der Waals surface area (Å²) < 4.78 is 2.01. The second kappa shape index (κ2) is 6.40. The van der Waals surface area contributed by atoms with Gasteiger partial charge in [-0.05, 0) is 32.3 Å². The molecule has 1 fully saturated rings. The molecule has 0 aliphatic heterocycles. The van der Waals surface area contributed by atoms with Gasteiger partial charge in [0.25, 0.3) is 0 Å². The first kappa shape index (κ1) is 15.5. The molecule has 1 aromatic carbocycles. The van der Waals surface area contributed by atoms with Gasteiger partial charge in [0.15, 0.2) is 11.0 Å². The van der Waals surface area contributed by atoms with Gasteiger partial charge in [0.1, 0.15) is 6.61 Å². The summed E-state index contributed by atoms with van der Waals surface area (Å²) in [6.07, 6.45) is 1.68. The number of nitrogens with zero attached hydrogens (tertiary/aromatic N) is 3. The Bertz CT molecular complexity index is 647. The van der Waals surface area contributed by atoms with Gasteiger partial charge in [0, 0.05) is 11.8 Å². The zero-order chi connectivity index (χ0) is 15.7. The number of aromatic nitrogens is 3. The molecule has 1 saturated carbocycles. The third-order valence-corrected chi connectivity index (χ3v) is 4.81. The largest absolute Gasteiger partial charge is 0.388 e. The molecule has 1 heterocycles. The van der Waals surface area contributed by atoms with E-state index in [0.717, 1.165) is 34.7 Å². The highest BCUT2D eigenvalue weighted by Gasteiger charge is 2.29. The summed E-state index contributed by atoms with van der Waals surface area (Å²) in [6, 6.07) is 6.55. The van der Waals surface area contributed by atoms with Crippen molar-refractivity contribution in [3.8, 4) is 0 Å². The van der Waals surface area contributed by atoms with Crippen molar-refractivity contribution in [2.75, 3.05) is 5.75 Å². The van der Waals surface area contributed by atoms with E-state index in [0.29, 0.717) is 17.6 Å². The molecule has 6 heteroatoms. The molecule has 1 aliphatic carbocycles. The third kappa shape index (κ3) is 3.34. The quantitative estimate of drug-likeness (QED) is 0.801. The van der Waals surface area contributed by atoms with Gasteiger partial charge in [0.05, 0.1) is 6.10 Å². The number of aryl methyl sites for hydroxylation is 2. The number of benzene rings is 1. The summed E-state index contributed by atoms with van der Waals surface area (Å²) in [5.41, 5.74) is 3.25. The smallest absolute Gasteiger partial charge is 0.191 e. The van der Waals surface area contributed by atoms with Gasteiger partial charge >= 0.3 is 0 Å². The van der Waals surface area contributed by atoms with E-state index in [1.165, 1.54) is 11.8 Å². The van der Waals surface area contributed by atoms with E-state index in [4.69, 9.17) is 0 Å². The van der Waals surface area contributed by atoms with Crippen molar-refractivity contribution in [1.82, 2.24) is 14.8 Å². The van der Waals surface area contributed by atoms with Crippen LogP contribution in [0.25, 0.3) is 0 Å². The molecule has 0 amide bonds. The Labute approximate surface area is 134 Å². The number of hydrogen-bond donors (Lipinski definition) is 2. The molecule has 1 aliphatic rings. The third-order valence-electron chi connectivity index (χ3n) is 3.79. The van der Waals surface area contributed by atoms with Crippen LogP contribution in [0.4, 0.5) is 0 Å². The number of rotatable bonds is 6. The number of thioether (sulfide) groups is 1. The molecule has 1 atom stereocenters. The van der Waals surface area contributed by atoms with Crippen molar-refractivity contribution in [2.45, 2.75) is 50.6 Å². The van der Waals surface area contributed by atoms with Gasteiger partial charge in [-0.1, -0.05) is 41.1 Å². The molecule has 0 spiro atoms. The summed E-state index contributed by atoms with van der Waals surface area (Å²) in [6.45, 7) is 3.98. The summed E-state index contributed by atoms with van der Waals surface area (Å²) in [5, 5.41) is 28.7. The lowest BCUT2D eigenvalue weighted by atomic mass is 10.0. The Morgan fingerprint density at radius 2 is 1.91 bits per heavy atom. The highest BCUT2D eigenvalue weighted by molar-refractivity contribution is 7.99. The van der Waals surface area contributed by atoms with Crippen LogP contribution in [0.15, 0.2) is 23.4 Å². The molecule has 3 rings (SSSR count). The lowest BCUT2D eigenvalue weighted by molar-refractivity contribution is 0.204. The van der Waals surface area contributed by atoms with Crippen LogP contribution in [-0.2, 0) is 6.61 Å². The fourth-order valence-electron chi connectivity index (χ4n) is 2.67. The second-order valence-corrected chi connectivity index (χ2v) is 6.89. The molecule has 0 radical (unpaired) electrons. The number of aliphatic hydroxyl groups excluding tert-OH is 2. The summed E-state index contributed by atoms with van der Waals surface area (Å²) in [7, 11) is 0. The van der Waals surface area contributed by atoms with Crippen molar-refractivity contribution in [2.24, 2.45) is 0 Å². The van der Waals surface area contributed by atoms with Crippen molar-refractivity contribution >= 4 is 11.8 Å². The molecular formula is C16H21N3O2S. The van der Waals surface area contributed by atoms with Crippen LogP contribution in [0.2, 0.25) is 0 Å². The summed E-state index contributed by atoms with van der Waals surface area (Å²) in [4.78, 5) is 0. The Kier molecular flexibility index (Phi) is 4.52. The summed E-state index contributed by atoms with van der Waals surface area (Å²) in [5.74, 6) is 1.14. The molecule has 2 aromatic rings. The number of hydrogen-bond acceptors (Lipinski definition) is 5. The molecule has 0 saturated heterocycles. The van der Waals surface area contributed by atoms with E-state index in [1.807, 2.05) is 30.5 Å². The molecule has 1 unspecified atom stereocenters. The van der Waals surface area contributed by atoms with E-state index in [-0.39, 0.29) is 6.61 Å². The minimum atomic E-state index is -0.537. The van der Waals surface area contributed by atoms with Crippen molar-refractivity contribution in [3.63, 3.8) is 0 Å². The van der Waals surface area contributed by atoms with E-state index >= 15 is 0 Å². The van der Waals surface area contributed by atoms with Crippen LogP contribution in [0, 0.1) is 13.8 Å². The SMILES string of the molecule is Cc1cc(C)cc(C(O)CSc2nnc(CO)n2C2CC2)c1. The van der Waals surface area contributed by atoms with Crippen molar-refractivity contribution in [3.05, 3.63) is 40.7 Å². The van der Waals surface area contributed by atoms with Crippen molar-refractivity contribution < 1.29 is 10.2 Å². The highest BCUT2D eigenvalue weighted by atomic mass is 32.2. The standard InChI is InChI=1S/C16H21N3O2S/c1-10-5-11(2)7-12(6-10)14(21)9-22-16-18-17-15(8-20)19(16)13-3-4-13/h5-7,13-14,20-21H,3-4,8-9H2,1-2H3. The van der Waals surface area contributed by atoms with Crippen LogP contribution in [-0.4, -0.2) is 30.7 Å². The highest BCUT2D eigenvalue weighted by Crippen LogP contribution is 2.39. The first-order valence-electron chi connectivity index (χ1n) is 7.52. The summed E-state index contributed by atoms with van der Waals surface area (Å²) >= 11 is 1.49.